The van der Waals surface area contributed by atoms with Gasteiger partial charge in [-0.1, -0.05) is 27.5 Å². The average Bonchev–Trinajstić information content (AvgIpc) is 2.73. The zero-order valence-corrected chi connectivity index (χ0v) is 14.6. The molecule has 0 aliphatic rings. The minimum absolute atomic E-state index is 0.0265. The maximum atomic E-state index is 12.0. The Balaban J connectivity index is 2.12. The number of carbonyl (C=O) groups excluding carboxylic acids is 1. The number of aryl methyl sites for hydroxylation is 1. The first kappa shape index (κ1) is 15.0. The summed E-state index contributed by atoms with van der Waals surface area (Å²) in [6, 6.07) is 5.48. The molecule has 19 heavy (non-hydrogen) atoms. The smallest absolute Gasteiger partial charge is 0.211 e. The Morgan fingerprint density at radius 2 is 2.16 bits per heavy atom. The molecule has 0 bridgehead atoms. The van der Waals surface area contributed by atoms with Crippen molar-refractivity contribution in [2.24, 2.45) is 0 Å². The molecule has 0 aliphatic carbocycles. The lowest BCUT2D eigenvalue weighted by molar-refractivity contribution is 0.0924. The number of halogens is 3. The van der Waals surface area contributed by atoms with Crippen LogP contribution in [0, 0.1) is 6.92 Å². The summed E-state index contributed by atoms with van der Waals surface area (Å²) in [6.07, 6.45) is 0. The van der Waals surface area contributed by atoms with Gasteiger partial charge in [0.2, 0.25) is 5.78 Å². The number of hydrogen-bond acceptors (Lipinski definition) is 3. The highest BCUT2D eigenvalue weighted by Crippen LogP contribution is 2.32. The second-order valence-corrected chi connectivity index (χ2v) is 6.94. The molecule has 0 unspecified atom stereocenters. The number of ether oxygens (including phenoxy) is 1. The van der Waals surface area contributed by atoms with Crippen molar-refractivity contribution < 1.29 is 9.53 Å². The van der Waals surface area contributed by atoms with E-state index in [2.05, 4.69) is 31.9 Å². The van der Waals surface area contributed by atoms with Crippen LogP contribution in [0.25, 0.3) is 0 Å². The van der Waals surface area contributed by atoms with Crippen LogP contribution in [0.3, 0.4) is 0 Å². The number of rotatable bonds is 4. The fourth-order valence-corrected chi connectivity index (χ4v) is 4.11. The molecule has 0 radical (unpaired) electrons. The minimum atomic E-state index is -0.0692. The molecule has 100 valence electrons. The molecule has 0 saturated carbocycles. The van der Waals surface area contributed by atoms with Gasteiger partial charge in [0.25, 0.3) is 0 Å². The van der Waals surface area contributed by atoms with Crippen LogP contribution in [0.15, 0.2) is 32.5 Å². The topological polar surface area (TPSA) is 26.3 Å². The normalized spacial score (nSPS) is 10.5. The van der Waals surface area contributed by atoms with Crippen molar-refractivity contribution in [3.63, 3.8) is 0 Å². The van der Waals surface area contributed by atoms with Gasteiger partial charge in [-0.05, 0) is 52.0 Å². The number of thiophene rings is 1. The highest BCUT2D eigenvalue weighted by atomic mass is 79.9. The maximum Gasteiger partial charge on any atom is 0.211 e. The Hall–Kier alpha value is -0.360. The number of hydrogen-bond donors (Lipinski definition) is 0. The van der Waals surface area contributed by atoms with Gasteiger partial charge in [0.1, 0.15) is 5.75 Å². The molecule has 2 rings (SSSR count). The first-order chi connectivity index (χ1) is 8.99. The molecule has 0 N–H and O–H groups in total. The van der Waals surface area contributed by atoms with Gasteiger partial charge < -0.3 is 4.74 Å². The second kappa shape index (κ2) is 6.39. The molecule has 0 atom stereocenters. The van der Waals surface area contributed by atoms with Crippen molar-refractivity contribution >= 4 is 60.6 Å². The standard InChI is InChI=1S/C13H9Br2ClO2S/c1-7-4-8(14)5-10(16)12(7)18-6-11(17)13-9(15)2-3-19-13/h2-5H,6H2,1H3. The van der Waals surface area contributed by atoms with Crippen molar-refractivity contribution in [3.05, 3.63) is 48.0 Å². The SMILES string of the molecule is Cc1cc(Br)cc(Cl)c1OCC(=O)c1sccc1Br. The molecular weight excluding hydrogens is 415 g/mol. The molecule has 0 amide bonds. The molecule has 0 aliphatic heterocycles. The summed E-state index contributed by atoms with van der Waals surface area (Å²) in [6.45, 7) is 1.86. The number of ketones is 1. The predicted molar refractivity (Wildman–Crippen MR) is 85.7 cm³/mol. The first-order valence-corrected chi connectivity index (χ1v) is 8.18. The van der Waals surface area contributed by atoms with Crippen LogP contribution >= 0.6 is 54.8 Å². The molecule has 2 nitrogen and oxygen atoms in total. The van der Waals surface area contributed by atoms with Crippen molar-refractivity contribution in [3.8, 4) is 5.75 Å². The lowest BCUT2D eigenvalue weighted by atomic mass is 10.2. The zero-order valence-electron chi connectivity index (χ0n) is 9.88. The average molecular weight is 425 g/mol. The largest absolute Gasteiger partial charge is 0.484 e. The van der Waals surface area contributed by atoms with E-state index in [0.29, 0.717) is 15.6 Å². The van der Waals surface area contributed by atoms with Crippen molar-refractivity contribution in [1.82, 2.24) is 0 Å². The fourth-order valence-electron chi connectivity index (χ4n) is 1.57. The van der Waals surface area contributed by atoms with E-state index >= 15 is 0 Å². The van der Waals surface area contributed by atoms with E-state index in [0.717, 1.165) is 14.5 Å². The summed E-state index contributed by atoms with van der Waals surface area (Å²) >= 11 is 14.2. The molecular formula is C13H9Br2ClO2S. The summed E-state index contributed by atoms with van der Waals surface area (Å²) < 4.78 is 7.23. The third kappa shape index (κ3) is 3.60. The molecule has 1 aromatic carbocycles. The van der Waals surface area contributed by atoms with Gasteiger partial charge in [-0.25, -0.2) is 0 Å². The van der Waals surface area contributed by atoms with E-state index in [9.17, 15) is 4.79 Å². The van der Waals surface area contributed by atoms with Crippen LogP contribution in [-0.2, 0) is 0 Å². The lowest BCUT2D eigenvalue weighted by Crippen LogP contribution is -2.11. The number of benzene rings is 1. The maximum absolute atomic E-state index is 12.0. The van der Waals surface area contributed by atoms with E-state index in [-0.39, 0.29) is 12.4 Å². The van der Waals surface area contributed by atoms with Crippen molar-refractivity contribution in [2.75, 3.05) is 6.61 Å². The van der Waals surface area contributed by atoms with Gasteiger partial charge in [0, 0.05) is 8.95 Å². The van der Waals surface area contributed by atoms with E-state index in [1.807, 2.05) is 24.4 Å². The molecule has 0 spiro atoms. The Bertz CT molecular complexity index is 602. The third-order valence-corrected chi connectivity index (χ3v) is 5.03. The summed E-state index contributed by atoms with van der Waals surface area (Å²) in [5, 5.41) is 2.35. The first-order valence-electron chi connectivity index (χ1n) is 5.33. The van der Waals surface area contributed by atoms with E-state index in [4.69, 9.17) is 16.3 Å². The van der Waals surface area contributed by atoms with Crippen LogP contribution in [0.4, 0.5) is 0 Å². The van der Waals surface area contributed by atoms with Gasteiger partial charge in [0.05, 0.1) is 9.90 Å². The van der Waals surface area contributed by atoms with Crippen LogP contribution in [0.5, 0.6) is 5.75 Å². The quantitative estimate of drug-likeness (QED) is 0.606. The highest BCUT2D eigenvalue weighted by Gasteiger charge is 2.14. The molecule has 6 heteroatoms. The van der Waals surface area contributed by atoms with Crippen molar-refractivity contribution in [2.45, 2.75) is 6.92 Å². The monoisotopic (exact) mass is 422 g/mol. The van der Waals surface area contributed by atoms with E-state index in [1.54, 1.807) is 6.07 Å². The van der Waals surface area contributed by atoms with E-state index in [1.165, 1.54) is 11.3 Å². The summed E-state index contributed by atoms with van der Waals surface area (Å²) in [5.41, 5.74) is 0.887. The van der Waals surface area contributed by atoms with Gasteiger partial charge in [-0.2, -0.15) is 0 Å². The zero-order chi connectivity index (χ0) is 14.0. The minimum Gasteiger partial charge on any atom is -0.484 e. The summed E-state index contributed by atoms with van der Waals surface area (Å²) in [4.78, 5) is 12.7. The lowest BCUT2D eigenvalue weighted by Gasteiger charge is -2.10. The molecule has 0 fully saturated rings. The molecule has 0 saturated heterocycles. The molecule has 1 heterocycles. The molecule has 1 aromatic heterocycles. The Morgan fingerprint density at radius 3 is 2.74 bits per heavy atom. The highest BCUT2D eigenvalue weighted by molar-refractivity contribution is 9.10. The second-order valence-electron chi connectivity index (χ2n) is 3.84. The number of Topliss-reactive ketones (excluding diaryl/α,β-unsaturated/α-hetero) is 1. The van der Waals surface area contributed by atoms with E-state index < -0.39 is 0 Å². The summed E-state index contributed by atoms with van der Waals surface area (Å²) in [7, 11) is 0. The third-order valence-electron chi connectivity index (χ3n) is 2.41. The van der Waals surface area contributed by atoms with Crippen LogP contribution in [0.2, 0.25) is 5.02 Å². The Morgan fingerprint density at radius 1 is 1.42 bits per heavy atom. The van der Waals surface area contributed by atoms with Gasteiger partial charge in [0.15, 0.2) is 6.61 Å². The fraction of sp³-hybridized carbons (Fsp3) is 0.154. The predicted octanol–water partition coefficient (Wildman–Crippen LogP) is 5.50. The van der Waals surface area contributed by atoms with Gasteiger partial charge in [-0.3, -0.25) is 4.79 Å². The summed E-state index contributed by atoms with van der Waals surface area (Å²) in [5.74, 6) is 0.478. The van der Waals surface area contributed by atoms with Crippen molar-refractivity contribution in [1.29, 1.82) is 0 Å². The van der Waals surface area contributed by atoms with Crippen LogP contribution in [0.1, 0.15) is 15.2 Å². The van der Waals surface area contributed by atoms with Gasteiger partial charge >= 0.3 is 0 Å². The van der Waals surface area contributed by atoms with Gasteiger partial charge in [-0.15, -0.1) is 11.3 Å². The van der Waals surface area contributed by atoms with Crippen LogP contribution in [-0.4, -0.2) is 12.4 Å². The molecule has 2 aromatic rings. The number of carbonyl (C=O) groups is 1. The Labute approximate surface area is 137 Å². The Kier molecular flexibility index (Phi) is 5.06. The van der Waals surface area contributed by atoms with Crippen LogP contribution < -0.4 is 4.74 Å².